The maximum absolute atomic E-state index is 12.5. The van der Waals surface area contributed by atoms with E-state index in [4.69, 9.17) is 15.5 Å². The van der Waals surface area contributed by atoms with Gasteiger partial charge in [0.1, 0.15) is 28.7 Å². The third kappa shape index (κ3) is 3.07. The number of carbonyl (C=O) groups excluding carboxylic acids is 1. The van der Waals surface area contributed by atoms with Crippen molar-refractivity contribution in [3.63, 3.8) is 0 Å². The smallest absolute Gasteiger partial charge is 0.263 e. The molecule has 2 aromatic heterocycles. The van der Waals surface area contributed by atoms with Crippen molar-refractivity contribution in [2.75, 3.05) is 23.8 Å². The molecule has 5 rings (SSSR count). The molecule has 148 valence electrons. The summed E-state index contributed by atoms with van der Waals surface area (Å²) in [5.41, 5.74) is 8.92. The summed E-state index contributed by atoms with van der Waals surface area (Å²) in [6, 6.07) is 5.82. The molecule has 0 unspecified atom stereocenters. The van der Waals surface area contributed by atoms with Crippen molar-refractivity contribution in [2.24, 2.45) is 0 Å². The lowest BCUT2D eigenvalue weighted by atomic mass is 9.94. The van der Waals surface area contributed by atoms with Crippen LogP contribution in [0.1, 0.15) is 29.2 Å². The summed E-state index contributed by atoms with van der Waals surface area (Å²) in [5.74, 6) is 1.08. The lowest BCUT2D eigenvalue weighted by molar-refractivity contribution is 0.0901. The van der Waals surface area contributed by atoms with E-state index in [1.807, 2.05) is 32.0 Å². The van der Waals surface area contributed by atoms with Crippen molar-refractivity contribution < 1.29 is 9.53 Å². The molecule has 2 aliphatic rings. The van der Waals surface area contributed by atoms with Gasteiger partial charge in [0.2, 0.25) is 0 Å². The van der Waals surface area contributed by atoms with Crippen LogP contribution in [0, 0.1) is 0 Å². The number of thiazole rings is 1. The zero-order valence-electron chi connectivity index (χ0n) is 16.1. The number of nitrogens with zero attached hydrogens (tertiary/aromatic N) is 4. The van der Waals surface area contributed by atoms with Gasteiger partial charge in [-0.2, -0.15) is 0 Å². The van der Waals surface area contributed by atoms with Crippen LogP contribution in [0.3, 0.4) is 0 Å². The summed E-state index contributed by atoms with van der Waals surface area (Å²) in [6.45, 7) is 5.20. The Morgan fingerprint density at radius 1 is 1.28 bits per heavy atom. The molecule has 0 fully saturated rings. The monoisotopic (exact) mass is 408 g/mol. The zero-order valence-corrected chi connectivity index (χ0v) is 16.9. The number of anilines is 3. The number of ether oxygens (including phenoxy) is 1. The fourth-order valence-electron chi connectivity index (χ4n) is 3.71. The highest BCUT2D eigenvalue weighted by molar-refractivity contribution is 7.17. The van der Waals surface area contributed by atoms with E-state index in [1.54, 1.807) is 12.4 Å². The normalized spacial score (nSPS) is 17.2. The number of nitrogens with two attached hydrogens (primary N) is 1. The Hall–Kier alpha value is -3.20. The van der Waals surface area contributed by atoms with Crippen molar-refractivity contribution in [3.8, 4) is 17.0 Å². The van der Waals surface area contributed by atoms with Crippen molar-refractivity contribution >= 4 is 33.9 Å². The van der Waals surface area contributed by atoms with Gasteiger partial charge >= 0.3 is 0 Å². The SMILES string of the molecule is CC1(C)Cc2nc(N3CCOc4ccc(-c5nccnc5N)cc43)sc2C(=O)N1. The average Bonchev–Trinajstić information content (AvgIpc) is 3.10. The Morgan fingerprint density at radius 2 is 2.10 bits per heavy atom. The van der Waals surface area contributed by atoms with Crippen LogP contribution in [-0.4, -0.2) is 39.5 Å². The summed E-state index contributed by atoms with van der Waals surface area (Å²) in [5, 5.41) is 3.83. The van der Waals surface area contributed by atoms with Gasteiger partial charge in [-0.3, -0.25) is 9.78 Å². The molecule has 1 amide bonds. The lowest BCUT2D eigenvalue weighted by Gasteiger charge is -2.29. The van der Waals surface area contributed by atoms with Gasteiger partial charge < -0.3 is 20.7 Å². The van der Waals surface area contributed by atoms with Crippen LogP contribution in [0.15, 0.2) is 30.6 Å². The molecule has 0 saturated heterocycles. The number of nitrogens with one attached hydrogen (secondary N) is 1. The predicted octanol–water partition coefficient (Wildman–Crippen LogP) is 2.78. The molecular weight excluding hydrogens is 388 g/mol. The minimum atomic E-state index is -0.297. The molecule has 29 heavy (non-hydrogen) atoms. The van der Waals surface area contributed by atoms with Gasteiger partial charge in [-0.15, -0.1) is 0 Å². The zero-order chi connectivity index (χ0) is 20.2. The molecule has 9 heteroatoms. The molecular formula is C20H20N6O2S. The number of nitrogen functional groups attached to an aromatic ring is 1. The van der Waals surface area contributed by atoms with Crippen LogP contribution in [0.5, 0.6) is 5.75 Å². The standard InChI is InChI=1S/C20H20N6O2S/c1-20(2)10-12-16(18(27)25-20)29-19(24-12)26-7-8-28-14-4-3-11(9-13(14)26)15-17(21)23-6-5-22-15/h3-6,9H,7-8,10H2,1-2H3,(H2,21,23)(H,25,27). The van der Waals surface area contributed by atoms with Crippen molar-refractivity contribution in [3.05, 3.63) is 41.2 Å². The van der Waals surface area contributed by atoms with Crippen LogP contribution in [-0.2, 0) is 6.42 Å². The highest BCUT2D eigenvalue weighted by atomic mass is 32.1. The summed E-state index contributed by atoms with van der Waals surface area (Å²) in [6.07, 6.45) is 3.89. The van der Waals surface area contributed by atoms with Crippen LogP contribution in [0.4, 0.5) is 16.6 Å². The summed E-state index contributed by atoms with van der Waals surface area (Å²) in [4.78, 5) is 28.6. The van der Waals surface area contributed by atoms with E-state index >= 15 is 0 Å². The lowest BCUT2D eigenvalue weighted by Crippen LogP contribution is -2.48. The largest absolute Gasteiger partial charge is 0.490 e. The average molecular weight is 408 g/mol. The molecule has 1 aromatic carbocycles. The Kier molecular flexibility index (Phi) is 3.95. The van der Waals surface area contributed by atoms with Gasteiger partial charge in [0.25, 0.3) is 5.91 Å². The molecule has 0 bridgehead atoms. The third-order valence-corrected chi connectivity index (χ3v) is 6.13. The Morgan fingerprint density at radius 3 is 2.93 bits per heavy atom. The van der Waals surface area contributed by atoms with Crippen LogP contribution >= 0.6 is 11.3 Å². The van der Waals surface area contributed by atoms with Gasteiger partial charge in [-0.05, 0) is 32.0 Å². The first-order valence-electron chi connectivity index (χ1n) is 9.35. The van der Waals surface area contributed by atoms with Crippen molar-refractivity contribution in [2.45, 2.75) is 25.8 Å². The second kappa shape index (κ2) is 6.41. The highest BCUT2D eigenvalue weighted by Crippen LogP contribution is 2.42. The van der Waals surface area contributed by atoms with E-state index in [-0.39, 0.29) is 11.4 Å². The van der Waals surface area contributed by atoms with Gasteiger partial charge in [0.15, 0.2) is 5.13 Å². The molecule has 2 aliphatic heterocycles. The number of hydrogen-bond donors (Lipinski definition) is 2. The highest BCUT2D eigenvalue weighted by Gasteiger charge is 2.34. The predicted molar refractivity (Wildman–Crippen MR) is 112 cm³/mol. The third-order valence-electron chi connectivity index (χ3n) is 5.01. The first-order chi connectivity index (χ1) is 13.9. The summed E-state index contributed by atoms with van der Waals surface area (Å²) in [7, 11) is 0. The maximum Gasteiger partial charge on any atom is 0.263 e. The van der Waals surface area contributed by atoms with Gasteiger partial charge in [-0.25, -0.2) is 9.97 Å². The van der Waals surface area contributed by atoms with Gasteiger partial charge in [0.05, 0.1) is 17.9 Å². The minimum Gasteiger partial charge on any atom is -0.490 e. The molecule has 8 nitrogen and oxygen atoms in total. The first kappa shape index (κ1) is 17.9. The molecule has 0 radical (unpaired) electrons. The van der Waals surface area contributed by atoms with E-state index in [0.717, 1.165) is 27.8 Å². The molecule has 3 aromatic rings. The quantitative estimate of drug-likeness (QED) is 0.671. The topological polar surface area (TPSA) is 106 Å². The Balaban J connectivity index is 1.57. The Bertz CT molecular complexity index is 1130. The Labute approximate surface area is 171 Å². The van der Waals surface area contributed by atoms with Crippen LogP contribution in [0.25, 0.3) is 11.3 Å². The summed E-state index contributed by atoms with van der Waals surface area (Å²) < 4.78 is 5.84. The van der Waals surface area contributed by atoms with Crippen LogP contribution in [0.2, 0.25) is 0 Å². The first-order valence-corrected chi connectivity index (χ1v) is 10.2. The molecule has 4 heterocycles. The van der Waals surface area contributed by atoms with E-state index in [0.29, 0.717) is 36.0 Å². The number of aromatic nitrogens is 3. The van der Waals surface area contributed by atoms with E-state index < -0.39 is 0 Å². The van der Waals surface area contributed by atoms with E-state index in [9.17, 15) is 4.79 Å². The fourth-order valence-corrected chi connectivity index (χ4v) is 4.73. The fraction of sp³-hybridized carbons (Fsp3) is 0.300. The second-order valence-electron chi connectivity index (χ2n) is 7.76. The number of carbonyl (C=O) groups is 1. The number of benzene rings is 1. The number of fused-ring (bicyclic) bond motifs is 2. The van der Waals surface area contributed by atoms with Crippen molar-refractivity contribution in [1.29, 1.82) is 0 Å². The molecule has 0 saturated carbocycles. The van der Waals surface area contributed by atoms with Gasteiger partial charge in [-0.1, -0.05) is 11.3 Å². The van der Waals surface area contributed by atoms with Crippen LogP contribution < -0.4 is 20.7 Å². The molecule has 0 spiro atoms. The molecule has 3 N–H and O–H groups in total. The van der Waals surface area contributed by atoms with E-state index in [1.165, 1.54) is 11.3 Å². The van der Waals surface area contributed by atoms with E-state index in [2.05, 4.69) is 20.2 Å². The van der Waals surface area contributed by atoms with Crippen molar-refractivity contribution in [1.82, 2.24) is 20.3 Å². The molecule has 0 aliphatic carbocycles. The number of hydrogen-bond acceptors (Lipinski definition) is 8. The second-order valence-corrected chi connectivity index (χ2v) is 8.74. The number of rotatable bonds is 2. The summed E-state index contributed by atoms with van der Waals surface area (Å²) >= 11 is 1.41. The minimum absolute atomic E-state index is 0.0606. The van der Waals surface area contributed by atoms with Gasteiger partial charge in [0, 0.05) is 29.9 Å². The molecule has 0 atom stereocenters. The maximum atomic E-state index is 12.5. The number of amides is 1.